The Hall–Kier alpha value is -2.67. The van der Waals surface area contributed by atoms with Gasteiger partial charge in [0.05, 0.1) is 11.3 Å². The first-order valence-corrected chi connectivity index (χ1v) is 7.97. The second kappa shape index (κ2) is 6.84. The molecule has 122 valence electrons. The number of hydrogen-bond donors (Lipinski definition) is 1. The van der Waals surface area contributed by atoms with Crippen LogP contribution in [0.1, 0.15) is 20.9 Å². The van der Waals surface area contributed by atoms with Crippen LogP contribution in [0.3, 0.4) is 0 Å². The molecule has 3 aromatic rings. The summed E-state index contributed by atoms with van der Waals surface area (Å²) in [4.78, 5) is 20.7. The summed E-state index contributed by atoms with van der Waals surface area (Å²) in [5.74, 6) is -1.73. The number of nitrogens with zero attached hydrogens (tertiary/aromatic N) is 2. The molecular weight excluding hydrogens is 332 g/mol. The van der Waals surface area contributed by atoms with Gasteiger partial charge in [-0.3, -0.25) is 9.78 Å². The van der Waals surface area contributed by atoms with E-state index in [0.717, 1.165) is 16.9 Å². The second-order valence-electron chi connectivity index (χ2n) is 5.07. The Morgan fingerprint density at radius 3 is 2.50 bits per heavy atom. The van der Waals surface area contributed by atoms with Gasteiger partial charge in [0.25, 0.3) is 5.91 Å². The SMILES string of the molecule is Cc1nc(-c2c(F)cccc2F)sc1C(=O)NCc1ccncc1. The van der Waals surface area contributed by atoms with E-state index in [2.05, 4.69) is 15.3 Å². The quantitative estimate of drug-likeness (QED) is 0.784. The Balaban J connectivity index is 1.82. The minimum atomic E-state index is -0.701. The molecule has 4 nitrogen and oxygen atoms in total. The van der Waals surface area contributed by atoms with E-state index in [1.165, 1.54) is 18.2 Å². The first-order chi connectivity index (χ1) is 11.6. The average Bonchev–Trinajstić information content (AvgIpc) is 2.95. The van der Waals surface area contributed by atoms with Crippen LogP contribution in [0.4, 0.5) is 8.78 Å². The molecule has 0 radical (unpaired) electrons. The van der Waals surface area contributed by atoms with Crippen LogP contribution in [-0.4, -0.2) is 15.9 Å². The largest absolute Gasteiger partial charge is 0.347 e. The van der Waals surface area contributed by atoms with Crippen molar-refractivity contribution >= 4 is 17.2 Å². The number of nitrogens with one attached hydrogen (secondary N) is 1. The lowest BCUT2D eigenvalue weighted by atomic mass is 10.2. The van der Waals surface area contributed by atoms with E-state index in [0.29, 0.717) is 17.1 Å². The number of aromatic nitrogens is 2. The van der Waals surface area contributed by atoms with Crippen LogP contribution >= 0.6 is 11.3 Å². The van der Waals surface area contributed by atoms with Crippen LogP contribution in [0.2, 0.25) is 0 Å². The molecule has 24 heavy (non-hydrogen) atoms. The van der Waals surface area contributed by atoms with E-state index in [-0.39, 0.29) is 16.5 Å². The molecule has 0 aliphatic rings. The smallest absolute Gasteiger partial charge is 0.263 e. The number of carbonyl (C=O) groups is 1. The molecule has 2 aromatic heterocycles. The molecule has 1 N–H and O–H groups in total. The third-order valence-electron chi connectivity index (χ3n) is 3.38. The van der Waals surface area contributed by atoms with E-state index >= 15 is 0 Å². The van der Waals surface area contributed by atoms with E-state index in [4.69, 9.17) is 0 Å². The molecule has 0 unspecified atom stereocenters. The molecule has 1 aromatic carbocycles. The zero-order chi connectivity index (χ0) is 17.1. The highest BCUT2D eigenvalue weighted by molar-refractivity contribution is 7.17. The minimum Gasteiger partial charge on any atom is -0.347 e. The Kier molecular flexibility index (Phi) is 4.61. The minimum absolute atomic E-state index is 0.150. The third kappa shape index (κ3) is 3.30. The van der Waals surface area contributed by atoms with Crippen molar-refractivity contribution in [1.29, 1.82) is 0 Å². The third-order valence-corrected chi connectivity index (χ3v) is 4.56. The highest BCUT2D eigenvalue weighted by atomic mass is 32.1. The van der Waals surface area contributed by atoms with Crippen LogP contribution in [-0.2, 0) is 6.54 Å². The summed E-state index contributed by atoms with van der Waals surface area (Å²) in [6.45, 7) is 1.97. The fourth-order valence-corrected chi connectivity index (χ4v) is 3.21. The molecule has 1 amide bonds. The highest BCUT2D eigenvalue weighted by Crippen LogP contribution is 2.31. The van der Waals surface area contributed by atoms with Gasteiger partial charge in [-0.05, 0) is 36.8 Å². The number of thiazole rings is 1. The summed E-state index contributed by atoms with van der Waals surface area (Å²) >= 11 is 0.969. The van der Waals surface area contributed by atoms with E-state index in [1.807, 2.05) is 0 Å². The Labute approximate surface area is 141 Å². The van der Waals surface area contributed by atoms with Gasteiger partial charge in [0.2, 0.25) is 0 Å². The molecule has 7 heteroatoms. The summed E-state index contributed by atoms with van der Waals surface area (Å²) in [7, 11) is 0. The van der Waals surface area contributed by atoms with Crippen molar-refractivity contribution in [1.82, 2.24) is 15.3 Å². The first kappa shape index (κ1) is 16.2. The number of carbonyl (C=O) groups excluding carboxylic acids is 1. The molecule has 0 atom stereocenters. The van der Waals surface area contributed by atoms with Gasteiger partial charge in [-0.2, -0.15) is 0 Å². The van der Waals surface area contributed by atoms with E-state index in [9.17, 15) is 13.6 Å². The summed E-state index contributed by atoms with van der Waals surface area (Å²) in [6, 6.07) is 7.20. The molecule has 0 bridgehead atoms. The van der Waals surface area contributed by atoms with Gasteiger partial charge in [-0.25, -0.2) is 13.8 Å². The number of halogens is 2. The molecule has 3 rings (SSSR count). The van der Waals surface area contributed by atoms with Crippen molar-refractivity contribution in [2.75, 3.05) is 0 Å². The lowest BCUT2D eigenvalue weighted by Crippen LogP contribution is -2.22. The molecule has 2 heterocycles. The van der Waals surface area contributed by atoms with E-state index in [1.54, 1.807) is 31.5 Å². The number of hydrogen-bond acceptors (Lipinski definition) is 4. The Bertz CT molecular complexity index is 861. The normalized spacial score (nSPS) is 10.6. The number of pyridine rings is 1. The van der Waals surface area contributed by atoms with Gasteiger partial charge in [0.1, 0.15) is 21.5 Å². The predicted octanol–water partition coefficient (Wildman–Crippen LogP) is 3.72. The number of rotatable bonds is 4. The van der Waals surface area contributed by atoms with Crippen molar-refractivity contribution in [3.05, 3.63) is 70.5 Å². The fraction of sp³-hybridized carbons (Fsp3) is 0.118. The maximum absolute atomic E-state index is 13.9. The summed E-state index contributed by atoms with van der Waals surface area (Å²) < 4.78 is 27.7. The van der Waals surface area contributed by atoms with Gasteiger partial charge in [-0.15, -0.1) is 11.3 Å². The van der Waals surface area contributed by atoms with Crippen LogP contribution in [0.25, 0.3) is 10.6 Å². The summed E-state index contributed by atoms with van der Waals surface area (Å²) in [5.41, 5.74) is 1.13. The van der Waals surface area contributed by atoms with E-state index < -0.39 is 11.6 Å². The van der Waals surface area contributed by atoms with Gasteiger partial charge in [-0.1, -0.05) is 6.07 Å². The van der Waals surface area contributed by atoms with Crippen molar-refractivity contribution in [2.24, 2.45) is 0 Å². The van der Waals surface area contributed by atoms with Crippen LogP contribution in [0, 0.1) is 18.6 Å². The summed E-state index contributed by atoms with van der Waals surface area (Å²) in [6.07, 6.45) is 3.27. The lowest BCUT2D eigenvalue weighted by molar-refractivity contribution is 0.0954. The highest BCUT2D eigenvalue weighted by Gasteiger charge is 2.20. The zero-order valence-corrected chi connectivity index (χ0v) is 13.5. The molecule has 0 fully saturated rings. The van der Waals surface area contributed by atoms with Gasteiger partial charge in [0, 0.05) is 18.9 Å². The number of benzene rings is 1. The van der Waals surface area contributed by atoms with Crippen LogP contribution < -0.4 is 5.32 Å². The molecule has 0 spiro atoms. The van der Waals surface area contributed by atoms with Crippen molar-refractivity contribution in [3.8, 4) is 10.6 Å². The lowest BCUT2D eigenvalue weighted by Gasteiger charge is -2.03. The molecule has 0 aliphatic heterocycles. The van der Waals surface area contributed by atoms with Crippen LogP contribution in [0.15, 0.2) is 42.7 Å². The number of aryl methyl sites for hydroxylation is 1. The predicted molar refractivity (Wildman–Crippen MR) is 87.6 cm³/mol. The second-order valence-corrected chi connectivity index (χ2v) is 6.07. The van der Waals surface area contributed by atoms with Gasteiger partial charge >= 0.3 is 0 Å². The van der Waals surface area contributed by atoms with Crippen molar-refractivity contribution in [2.45, 2.75) is 13.5 Å². The maximum atomic E-state index is 13.9. The topological polar surface area (TPSA) is 54.9 Å². The molecule has 0 aliphatic carbocycles. The number of amides is 1. The molecular formula is C17H13F2N3OS. The zero-order valence-electron chi connectivity index (χ0n) is 12.7. The van der Waals surface area contributed by atoms with Crippen molar-refractivity contribution in [3.63, 3.8) is 0 Å². The standard InChI is InChI=1S/C17H13F2N3OS/c1-10-15(16(23)21-9-11-5-7-20-8-6-11)24-17(22-10)14-12(18)3-2-4-13(14)19/h2-8H,9H2,1H3,(H,21,23). The maximum Gasteiger partial charge on any atom is 0.263 e. The van der Waals surface area contributed by atoms with Gasteiger partial charge < -0.3 is 5.32 Å². The Morgan fingerprint density at radius 2 is 1.83 bits per heavy atom. The fourth-order valence-electron chi connectivity index (χ4n) is 2.18. The van der Waals surface area contributed by atoms with Gasteiger partial charge in [0.15, 0.2) is 0 Å². The van der Waals surface area contributed by atoms with Crippen molar-refractivity contribution < 1.29 is 13.6 Å². The molecule has 0 saturated carbocycles. The average molecular weight is 345 g/mol. The summed E-state index contributed by atoms with van der Waals surface area (Å²) in [5, 5.41) is 2.92. The van der Waals surface area contributed by atoms with Crippen LogP contribution in [0.5, 0.6) is 0 Å². The molecule has 0 saturated heterocycles. The first-order valence-electron chi connectivity index (χ1n) is 7.15. The Morgan fingerprint density at radius 1 is 1.17 bits per heavy atom. The monoisotopic (exact) mass is 345 g/mol.